The number of amides is 1. The van der Waals surface area contributed by atoms with Crippen molar-refractivity contribution < 1.29 is 57.5 Å². The summed E-state index contributed by atoms with van der Waals surface area (Å²) in [5.74, 6) is -1.48. The van der Waals surface area contributed by atoms with Gasteiger partial charge in [0.25, 0.3) is 15.6 Å². The number of hydrogen-bond donors (Lipinski definition) is 3. The summed E-state index contributed by atoms with van der Waals surface area (Å²) in [6.07, 6.45) is -13.4. The Labute approximate surface area is 252 Å². The zero-order chi connectivity index (χ0) is 33.6. The largest absolute Gasteiger partial charge is 0.430 e. The number of nitrogens with zero attached hydrogens (tertiary/aromatic N) is 1. The fraction of sp³-hybridized carbons (Fsp3) is 0.296. The number of aryl methyl sites for hydroxylation is 1. The molecule has 1 aliphatic rings. The highest BCUT2D eigenvalue weighted by atomic mass is 32.2. The van der Waals surface area contributed by atoms with Crippen LogP contribution in [0.15, 0.2) is 76.5 Å². The molecule has 3 aromatic rings. The van der Waals surface area contributed by atoms with Gasteiger partial charge in [0.15, 0.2) is 0 Å². The van der Waals surface area contributed by atoms with Crippen LogP contribution in [-0.4, -0.2) is 46.2 Å². The predicted molar refractivity (Wildman–Crippen MR) is 145 cm³/mol. The molecular weight excluding hydrogens is 659 g/mol. The summed E-state index contributed by atoms with van der Waals surface area (Å²) in [6.45, 7) is -0.116. The van der Waals surface area contributed by atoms with Gasteiger partial charge in [-0.3, -0.25) is 9.10 Å². The van der Waals surface area contributed by atoms with E-state index in [1.54, 1.807) is 0 Å². The summed E-state index contributed by atoms with van der Waals surface area (Å²) in [5, 5.41) is 17.4. The van der Waals surface area contributed by atoms with Gasteiger partial charge in [-0.1, -0.05) is 24.3 Å². The fourth-order valence-corrected chi connectivity index (χ4v) is 7.10. The lowest BCUT2D eigenvalue weighted by atomic mass is 9.87. The van der Waals surface area contributed by atoms with Crippen molar-refractivity contribution in [2.45, 2.75) is 59.6 Å². The Bertz CT molecular complexity index is 1780. The lowest BCUT2D eigenvalue weighted by molar-refractivity contribution is -0.376. The van der Waals surface area contributed by atoms with Gasteiger partial charge in [-0.2, -0.15) is 26.3 Å². The van der Waals surface area contributed by atoms with Gasteiger partial charge in [-0.15, -0.1) is 0 Å². The molecule has 0 saturated carbocycles. The van der Waals surface area contributed by atoms with Crippen LogP contribution < -0.4 is 14.8 Å². The first-order valence-corrected chi connectivity index (χ1v) is 15.8. The van der Waals surface area contributed by atoms with Crippen LogP contribution in [0.3, 0.4) is 0 Å². The van der Waals surface area contributed by atoms with Crippen molar-refractivity contribution in [3.63, 3.8) is 0 Å². The molecule has 0 bridgehead atoms. The average Bonchev–Trinajstić information content (AvgIpc) is 2.94. The quantitative estimate of drug-likeness (QED) is 0.306. The van der Waals surface area contributed by atoms with Crippen molar-refractivity contribution in [3.8, 4) is 0 Å². The monoisotopic (exact) mass is 683 g/mol. The summed E-state index contributed by atoms with van der Waals surface area (Å²) in [4.78, 5) is 12.3. The summed E-state index contributed by atoms with van der Waals surface area (Å²) >= 11 is 0. The number of hydrogen-bond acceptors (Lipinski definition) is 6. The van der Waals surface area contributed by atoms with E-state index >= 15 is 0 Å². The second kappa shape index (κ2) is 11.9. The summed E-state index contributed by atoms with van der Waals surface area (Å²) in [5.41, 5.74) is -6.99. The second-order valence-electron chi connectivity index (χ2n) is 10.2. The molecule has 4 N–H and O–H groups in total. The third kappa shape index (κ3) is 6.78. The maximum Gasteiger partial charge on any atom is 0.430 e. The molecule has 0 unspecified atom stereocenters. The number of aliphatic hydroxyl groups is 1. The molecule has 0 fully saturated rings. The van der Waals surface area contributed by atoms with Crippen LogP contribution in [0.4, 0.5) is 36.4 Å². The lowest BCUT2D eigenvalue weighted by Crippen LogP contribution is -2.54. The van der Waals surface area contributed by atoms with E-state index in [9.17, 15) is 57.5 Å². The number of benzene rings is 3. The Balaban J connectivity index is 1.69. The molecule has 0 aliphatic carbocycles. The molecule has 244 valence electrons. The molecular formula is C27H24F7N3O6S2. The van der Waals surface area contributed by atoms with Crippen LogP contribution in [0, 0.1) is 5.82 Å². The lowest BCUT2D eigenvalue weighted by Gasteiger charge is -2.39. The Morgan fingerprint density at radius 1 is 0.889 bits per heavy atom. The van der Waals surface area contributed by atoms with E-state index < -0.39 is 72.6 Å². The van der Waals surface area contributed by atoms with Gasteiger partial charge in [-0.05, 0) is 66.4 Å². The van der Waals surface area contributed by atoms with Crippen molar-refractivity contribution in [1.29, 1.82) is 0 Å². The molecule has 3 aromatic carbocycles. The fourth-order valence-electron chi connectivity index (χ4n) is 4.86. The molecule has 0 radical (unpaired) electrons. The maximum absolute atomic E-state index is 13.7. The standard InChI is InChI=1S/C27H24F7N3O6S2/c28-19-5-10-22(11-6-19)45(42,43)37-20(14-24(38)36-15-16-1-8-21(9-2-16)44(35,40)41)7-3-17-13-18(4-12-23(17)37)25(39,26(29,30)31)27(32,33)34/h1-2,4-6,8-13,20,39H,3,7,14-15H2,(H,36,38)(H2,35,40,41)/t20-/m0/s1. The molecule has 4 rings (SSSR count). The van der Waals surface area contributed by atoms with Crippen LogP contribution >= 0.6 is 0 Å². The minimum absolute atomic E-state index is 0.116. The van der Waals surface area contributed by atoms with E-state index in [2.05, 4.69) is 5.32 Å². The summed E-state index contributed by atoms with van der Waals surface area (Å²) in [7, 11) is -8.63. The van der Waals surface area contributed by atoms with Gasteiger partial charge >= 0.3 is 12.4 Å². The topological polar surface area (TPSA) is 147 Å². The molecule has 0 saturated heterocycles. The molecule has 1 atom stereocenters. The molecule has 1 amide bonds. The number of nitrogens with one attached hydrogen (secondary N) is 1. The van der Waals surface area contributed by atoms with Crippen molar-refractivity contribution >= 4 is 31.6 Å². The molecule has 45 heavy (non-hydrogen) atoms. The zero-order valence-corrected chi connectivity index (χ0v) is 24.4. The minimum Gasteiger partial charge on any atom is -0.369 e. The number of primary sulfonamides is 1. The number of alkyl halides is 6. The van der Waals surface area contributed by atoms with Crippen LogP contribution in [0.25, 0.3) is 0 Å². The van der Waals surface area contributed by atoms with E-state index in [0.29, 0.717) is 28.1 Å². The number of carbonyl (C=O) groups excluding carboxylic acids is 1. The average molecular weight is 684 g/mol. The van der Waals surface area contributed by atoms with Crippen molar-refractivity contribution in [2.24, 2.45) is 5.14 Å². The number of anilines is 1. The molecule has 18 heteroatoms. The Morgan fingerprint density at radius 3 is 1.98 bits per heavy atom. The minimum atomic E-state index is -6.17. The van der Waals surface area contributed by atoms with Gasteiger partial charge in [0.1, 0.15) is 5.82 Å². The van der Waals surface area contributed by atoms with E-state index in [4.69, 9.17) is 5.14 Å². The smallest absolute Gasteiger partial charge is 0.369 e. The van der Waals surface area contributed by atoms with Crippen LogP contribution in [0.1, 0.15) is 29.5 Å². The van der Waals surface area contributed by atoms with Crippen molar-refractivity contribution in [2.75, 3.05) is 4.31 Å². The van der Waals surface area contributed by atoms with Crippen LogP contribution in [0.5, 0.6) is 0 Å². The summed E-state index contributed by atoms with van der Waals surface area (Å²) in [6, 6.07) is 8.86. The molecule has 1 heterocycles. The SMILES string of the molecule is NS(=O)(=O)c1ccc(CNC(=O)C[C@@H]2CCc3cc(C(O)(C(F)(F)F)C(F)(F)F)ccc3N2S(=O)(=O)c2ccc(F)cc2)cc1. The Kier molecular flexibility index (Phi) is 9.02. The van der Waals surface area contributed by atoms with Gasteiger partial charge in [0.2, 0.25) is 15.9 Å². The highest BCUT2D eigenvalue weighted by molar-refractivity contribution is 7.92. The number of halogens is 7. The van der Waals surface area contributed by atoms with Crippen molar-refractivity contribution in [3.05, 3.63) is 89.2 Å². The van der Waals surface area contributed by atoms with Gasteiger partial charge in [0.05, 0.1) is 21.5 Å². The third-order valence-electron chi connectivity index (χ3n) is 7.17. The first-order chi connectivity index (χ1) is 20.7. The van der Waals surface area contributed by atoms with E-state index in [1.165, 1.54) is 24.3 Å². The van der Waals surface area contributed by atoms with Gasteiger partial charge in [0, 0.05) is 18.5 Å². The van der Waals surface area contributed by atoms with Gasteiger partial charge in [-0.25, -0.2) is 26.4 Å². The third-order valence-corrected chi connectivity index (χ3v) is 9.98. The number of rotatable bonds is 8. The first-order valence-electron chi connectivity index (χ1n) is 12.8. The van der Waals surface area contributed by atoms with Crippen LogP contribution in [-0.2, 0) is 43.4 Å². The van der Waals surface area contributed by atoms with Gasteiger partial charge < -0.3 is 10.4 Å². The molecule has 0 aromatic heterocycles. The van der Waals surface area contributed by atoms with Crippen LogP contribution in [0.2, 0.25) is 0 Å². The Hall–Kier alpha value is -3.74. The normalized spacial score (nSPS) is 16.3. The van der Waals surface area contributed by atoms with E-state index in [1.807, 2.05) is 0 Å². The number of fused-ring (bicyclic) bond motifs is 1. The maximum atomic E-state index is 13.7. The second-order valence-corrected chi connectivity index (χ2v) is 13.5. The summed E-state index contributed by atoms with van der Waals surface area (Å²) < 4.78 is 146. The zero-order valence-electron chi connectivity index (χ0n) is 22.7. The molecule has 0 spiro atoms. The molecule has 9 nitrogen and oxygen atoms in total. The molecule has 1 aliphatic heterocycles. The number of sulfonamides is 2. The highest BCUT2D eigenvalue weighted by Gasteiger charge is 2.71. The predicted octanol–water partition coefficient (Wildman–Crippen LogP) is 4.00. The highest BCUT2D eigenvalue weighted by Crippen LogP contribution is 2.51. The Morgan fingerprint density at radius 2 is 1.44 bits per heavy atom. The number of carbonyl (C=O) groups is 1. The first kappa shape index (κ1) is 34.1. The van der Waals surface area contributed by atoms with Crippen molar-refractivity contribution in [1.82, 2.24) is 5.32 Å². The van der Waals surface area contributed by atoms with E-state index in [-0.39, 0.29) is 35.5 Å². The number of nitrogens with two attached hydrogens (primary N) is 1. The van der Waals surface area contributed by atoms with E-state index in [0.717, 1.165) is 24.3 Å².